The summed E-state index contributed by atoms with van der Waals surface area (Å²) in [6, 6.07) is 0. The highest BCUT2D eigenvalue weighted by atomic mass is 16.4. The molecule has 0 spiro atoms. The zero-order chi connectivity index (χ0) is 32.7. The van der Waals surface area contributed by atoms with Gasteiger partial charge < -0.3 is 20.4 Å². The van der Waals surface area contributed by atoms with Gasteiger partial charge in [-0.2, -0.15) is 0 Å². The van der Waals surface area contributed by atoms with E-state index in [1.807, 2.05) is 0 Å². The normalized spacial score (nSPS) is 9.81. The predicted molar refractivity (Wildman–Crippen MR) is 173 cm³/mol. The van der Waals surface area contributed by atoms with Gasteiger partial charge in [0.15, 0.2) is 0 Å². The van der Waals surface area contributed by atoms with E-state index in [1.165, 1.54) is 83.5 Å². The van der Waals surface area contributed by atoms with Crippen LogP contribution in [0.5, 0.6) is 0 Å². The van der Waals surface area contributed by atoms with Gasteiger partial charge in [0, 0.05) is 25.7 Å². The third-order valence-electron chi connectivity index (χ3n) is 6.48. The van der Waals surface area contributed by atoms with Crippen LogP contribution >= 0.6 is 0 Å². The maximum Gasteiger partial charge on any atom is 0.303 e. The van der Waals surface area contributed by atoms with E-state index in [2.05, 4.69) is 27.7 Å². The monoisotopic (exact) mass is 604 g/mol. The number of rotatable bonds is 26. The van der Waals surface area contributed by atoms with E-state index in [9.17, 15) is 19.2 Å². The van der Waals surface area contributed by atoms with Crippen molar-refractivity contribution in [1.29, 1.82) is 0 Å². The molecular weight excluding hydrogens is 536 g/mol. The van der Waals surface area contributed by atoms with Gasteiger partial charge in [0.2, 0.25) is 0 Å². The van der Waals surface area contributed by atoms with Crippen LogP contribution in [-0.4, -0.2) is 44.3 Å². The van der Waals surface area contributed by atoms with Crippen molar-refractivity contribution in [3.8, 4) is 0 Å². The number of carboxylic acid groups (broad SMARTS) is 4. The summed E-state index contributed by atoms with van der Waals surface area (Å²) >= 11 is 0. The Morgan fingerprint density at radius 2 is 0.429 bits per heavy atom. The van der Waals surface area contributed by atoms with Crippen molar-refractivity contribution in [3.63, 3.8) is 0 Å². The van der Waals surface area contributed by atoms with Gasteiger partial charge >= 0.3 is 23.9 Å². The summed E-state index contributed by atoms with van der Waals surface area (Å²) in [4.78, 5) is 40.2. The van der Waals surface area contributed by atoms with Crippen molar-refractivity contribution >= 4 is 23.9 Å². The second-order valence-corrected chi connectivity index (χ2v) is 10.9. The molecule has 0 aromatic carbocycles. The number of hydrogen-bond donors (Lipinski definition) is 4. The Labute approximate surface area is 258 Å². The molecule has 0 aliphatic rings. The summed E-state index contributed by atoms with van der Waals surface area (Å²) < 4.78 is 0. The van der Waals surface area contributed by atoms with Gasteiger partial charge in [-0.3, -0.25) is 19.2 Å². The van der Waals surface area contributed by atoms with E-state index in [4.69, 9.17) is 20.4 Å². The Hall–Kier alpha value is -2.12. The summed E-state index contributed by atoms with van der Waals surface area (Å²) in [7, 11) is 0. The fourth-order valence-electron chi connectivity index (χ4n) is 3.87. The topological polar surface area (TPSA) is 149 Å². The Morgan fingerprint density at radius 1 is 0.286 bits per heavy atom. The van der Waals surface area contributed by atoms with E-state index >= 15 is 0 Å². The average Bonchev–Trinajstić information content (AvgIpc) is 2.93. The number of unbranched alkanes of at least 4 members (excludes halogenated alkanes) is 18. The van der Waals surface area contributed by atoms with Crippen molar-refractivity contribution in [3.05, 3.63) is 0 Å². The van der Waals surface area contributed by atoms with E-state index in [0.29, 0.717) is 25.7 Å². The van der Waals surface area contributed by atoms with E-state index in [-0.39, 0.29) is 0 Å². The summed E-state index contributed by atoms with van der Waals surface area (Å²) in [6.07, 6.45) is 26.3. The fourth-order valence-corrected chi connectivity index (χ4v) is 3.87. The predicted octanol–water partition coefficient (Wildman–Crippen LogP) is 10.5. The van der Waals surface area contributed by atoms with Crippen molar-refractivity contribution in [2.45, 2.75) is 195 Å². The lowest BCUT2D eigenvalue weighted by Gasteiger charge is -1.98. The molecule has 0 bridgehead atoms. The maximum atomic E-state index is 10.1. The van der Waals surface area contributed by atoms with Gasteiger partial charge in [0.05, 0.1) is 0 Å². The molecule has 0 amide bonds. The molecule has 42 heavy (non-hydrogen) atoms. The first-order chi connectivity index (χ1) is 20.1. The highest BCUT2D eigenvalue weighted by Crippen LogP contribution is 2.08. The van der Waals surface area contributed by atoms with E-state index < -0.39 is 23.9 Å². The van der Waals surface area contributed by atoms with Crippen LogP contribution in [-0.2, 0) is 19.2 Å². The molecule has 0 saturated heterocycles. The lowest BCUT2D eigenvalue weighted by atomic mass is 10.1. The zero-order valence-corrected chi connectivity index (χ0v) is 27.8. The minimum Gasteiger partial charge on any atom is -0.481 e. The van der Waals surface area contributed by atoms with Gasteiger partial charge in [-0.15, -0.1) is 0 Å². The summed E-state index contributed by atoms with van der Waals surface area (Å²) in [5.41, 5.74) is 0. The van der Waals surface area contributed by atoms with Crippen LogP contribution in [0.4, 0.5) is 0 Å². The number of carboxylic acids is 4. The molecule has 0 fully saturated rings. The van der Waals surface area contributed by atoms with Gasteiger partial charge in [0.25, 0.3) is 0 Å². The molecule has 0 atom stereocenters. The summed E-state index contributed by atoms with van der Waals surface area (Å²) in [5.74, 6) is -2.67. The lowest BCUT2D eigenvalue weighted by molar-refractivity contribution is -0.138. The molecule has 0 heterocycles. The zero-order valence-electron chi connectivity index (χ0n) is 27.8. The molecule has 0 aliphatic carbocycles. The Morgan fingerprint density at radius 3 is 0.595 bits per heavy atom. The average molecular weight is 605 g/mol. The van der Waals surface area contributed by atoms with E-state index in [0.717, 1.165) is 57.8 Å². The molecule has 0 unspecified atom stereocenters. The van der Waals surface area contributed by atoms with Crippen LogP contribution in [0.1, 0.15) is 195 Å². The SMILES string of the molecule is CCCCCCC(=O)O.CCCCCCCC(=O)O.CCCCCCCCC(=O)O.CCCCCCCCCC(=O)O. The molecule has 4 N–H and O–H groups in total. The highest BCUT2D eigenvalue weighted by Gasteiger charge is 1.97. The number of aliphatic carboxylic acids is 4. The highest BCUT2D eigenvalue weighted by molar-refractivity contribution is 5.67. The molecule has 8 nitrogen and oxygen atoms in total. The first kappa shape index (κ1) is 46.8. The first-order valence-corrected chi connectivity index (χ1v) is 17.0. The van der Waals surface area contributed by atoms with E-state index in [1.54, 1.807) is 0 Å². The molecule has 0 saturated carbocycles. The largest absolute Gasteiger partial charge is 0.481 e. The van der Waals surface area contributed by atoms with Gasteiger partial charge in [0.1, 0.15) is 0 Å². The molecule has 0 radical (unpaired) electrons. The summed E-state index contributed by atoms with van der Waals surface area (Å²) in [6.45, 7) is 8.64. The first-order valence-electron chi connectivity index (χ1n) is 17.0. The third-order valence-corrected chi connectivity index (χ3v) is 6.48. The van der Waals surface area contributed by atoms with Gasteiger partial charge in [-0.1, -0.05) is 143 Å². The standard InChI is InChI=1S/C10H20O2.C9H18O2.C8H16O2.C7H14O2/c1-2-3-4-5-6-7-8-9-10(11)12;1-2-3-4-5-6-7-8-9(10)11;1-2-3-4-5-6-7-8(9)10;1-2-3-4-5-6-7(8)9/h2-9H2,1H3,(H,11,12);2-8H2,1H3,(H,10,11);2-7H2,1H3,(H,9,10);2-6H2,1H3,(H,8,9). The Bertz CT molecular complexity index is 578. The molecule has 0 aromatic rings. The quantitative estimate of drug-likeness (QED) is 0.0712. The maximum absolute atomic E-state index is 10.1. The molecule has 252 valence electrons. The van der Waals surface area contributed by atoms with Crippen molar-refractivity contribution in [2.24, 2.45) is 0 Å². The van der Waals surface area contributed by atoms with Crippen molar-refractivity contribution in [1.82, 2.24) is 0 Å². The van der Waals surface area contributed by atoms with Crippen LogP contribution in [0.15, 0.2) is 0 Å². The minimum atomic E-state index is -0.675. The lowest BCUT2D eigenvalue weighted by Crippen LogP contribution is -1.93. The molecular formula is C34H68O8. The molecule has 0 aromatic heterocycles. The summed E-state index contributed by atoms with van der Waals surface area (Å²) in [5, 5.41) is 33.2. The van der Waals surface area contributed by atoms with Crippen molar-refractivity contribution < 1.29 is 39.6 Å². The number of carbonyl (C=O) groups is 4. The van der Waals surface area contributed by atoms with Crippen LogP contribution in [0.3, 0.4) is 0 Å². The van der Waals surface area contributed by atoms with Crippen molar-refractivity contribution in [2.75, 3.05) is 0 Å². The Balaban J connectivity index is -0.000000230. The smallest absolute Gasteiger partial charge is 0.303 e. The van der Waals surface area contributed by atoms with Gasteiger partial charge in [-0.25, -0.2) is 0 Å². The van der Waals surface area contributed by atoms with Crippen LogP contribution in [0.2, 0.25) is 0 Å². The van der Waals surface area contributed by atoms with Crippen LogP contribution < -0.4 is 0 Å². The minimum absolute atomic E-state index is 0.333. The number of hydrogen-bond acceptors (Lipinski definition) is 4. The third kappa shape index (κ3) is 66.3. The van der Waals surface area contributed by atoms with Crippen LogP contribution in [0, 0.1) is 0 Å². The molecule has 0 rings (SSSR count). The van der Waals surface area contributed by atoms with Gasteiger partial charge in [-0.05, 0) is 25.7 Å². The molecule has 8 heteroatoms. The second-order valence-electron chi connectivity index (χ2n) is 10.9. The van der Waals surface area contributed by atoms with Crippen LogP contribution in [0.25, 0.3) is 0 Å². The second kappa shape index (κ2) is 43.3. The molecule has 0 aliphatic heterocycles. The fraction of sp³-hybridized carbons (Fsp3) is 0.882. The Kier molecular flexibility index (Phi) is 48.3.